The Hall–Kier alpha value is -2.96. The molecule has 0 aliphatic rings. The molecule has 1 aromatic carbocycles. The van der Waals surface area contributed by atoms with E-state index in [1.54, 1.807) is 26.0 Å². The lowest BCUT2D eigenvalue weighted by Gasteiger charge is -2.13. The van der Waals surface area contributed by atoms with Gasteiger partial charge in [-0.25, -0.2) is 4.68 Å². The molecule has 0 fully saturated rings. The van der Waals surface area contributed by atoms with E-state index >= 15 is 0 Å². The standard InChI is InChI=1S/C16H17N3O4/c1-10(8-14(21)22)17-16(23)15-13(20)9-11(2)19(18-15)12-6-4-3-5-7-12/h3-7,9-10H,8H2,1-2H3,(H,17,23)(H,21,22)/t10-/m0/s1. The summed E-state index contributed by atoms with van der Waals surface area (Å²) in [6.07, 6.45) is -0.232. The van der Waals surface area contributed by atoms with Gasteiger partial charge in [-0.1, -0.05) is 18.2 Å². The van der Waals surface area contributed by atoms with Crippen LogP contribution in [-0.2, 0) is 4.79 Å². The van der Waals surface area contributed by atoms with Crippen LogP contribution in [0.5, 0.6) is 0 Å². The molecule has 0 unspecified atom stereocenters. The molecular formula is C16H17N3O4. The van der Waals surface area contributed by atoms with Crippen molar-refractivity contribution in [3.8, 4) is 5.69 Å². The topological polar surface area (TPSA) is 101 Å². The number of rotatable bonds is 5. The number of carbonyl (C=O) groups is 2. The first-order valence-electron chi connectivity index (χ1n) is 7.07. The zero-order valence-electron chi connectivity index (χ0n) is 12.8. The molecule has 2 aromatic rings. The maximum atomic E-state index is 12.2. The molecule has 0 aliphatic carbocycles. The molecule has 1 amide bonds. The van der Waals surface area contributed by atoms with Gasteiger partial charge in [0.1, 0.15) is 0 Å². The fourth-order valence-electron chi connectivity index (χ4n) is 2.14. The summed E-state index contributed by atoms with van der Waals surface area (Å²) in [4.78, 5) is 34.8. The first-order valence-corrected chi connectivity index (χ1v) is 7.07. The summed E-state index contributed by atoms with van der Waals surface area (Å²) < 4.78 is 1.50. The largest absolute Gasteiger partial charge is 0.481 e. The van der Waals surface area contributed by atoms with E-state index in [0.29, 0.717) is 5.69 Å². The van der Waals surface area contributed by atoms with Gasteiger partial charge in [0.2, 0.25) is 5.43 Å². The van der Waals surface area contributed by atoms with Gasteiger partial charge in [-0.2, -0.15) is 5.10 Å². The van der Waals surface area contributed by atoms with E-state index in [1.165, 1.54) is 10.7 Å². The zero-order valence-corrected chi connectivity index (χ0v) is 12.8. The molecule has 1 aromatic heterocycles. The second-order valence-corrected chi connectivity index (χ2v) is 5.22. The molecule has 120 valence electrons. The van der Waals surface area contributed by atoms with Crippen molar-refractivity contribution in [3.05, 3.63) is 58.0 Å². The van der Waals surface area contributed by atoms with E-state index in [0.717, 1.165) is 5.69 Å². The van der Waals surface area contributed by atoms with Crippen LogP contribution in [0.2, 0.25) is 0 Å². The second kappa shape index (κ2) is 6.87. The fourth-order valence-corrected chi connectivity index (χ4v) is 2.14. The van der Waals surface area contributed by atoms with Gasteiger partial charge >= 0.3 is 5.97 Å². The van der Waals surface area contributed by atoms with E-state index in [2.05, 4.69) is 10.4 Å². The number of benzene rings is 1. The maximum absolute atomic E-state index is 12.2. The number of nitrogens with one attached hydrogen (secondary N) is 1. The number of hydrogen-bond acceptors (Lipinski definition) is 4. The number of carboxylic acid groups (broad SMARTS) is 1. The highest BCUT2D eigenvalue weighted by Crippen LogP contribution is 2.08. The van der Waals surface area contributed by atoms with Crippen molar-refractivity contribution in [2.24, 2.45) is 0 Å². The van der Waals surface area contributed by atoms with Gasteiger partial charge in [-0.3, -0.25) is 14.4 Å². The number of amides is 1. The molecule has 1 atom stereocenters. The number of para-hydroxylation sites is 1. The van der Waals surface area contributed by atoms with Gasteiger partial charge in [0.05, 0.1) is 12.1 Å². The van der Waals surface area contributed by atoms with E-state index in [4.69, 9.17) is 5.11 Å². The first kappa shape index (κ1) is 16.4. The number of carbonyl (C=O) groups excluding carboxylic acids is 1. The minimum atomic E-state index is -1.03. The molecule has 7 heteroatoms. The lowest BCUT2D eigenvalue weighted by atomic mass is 10.2. The van der Waals surface area contributed by atoms with E-state index in [-0.39, 0.29) is 12.1 Å². The van der Waals surface area contributed by atoms with E-state index < -0.39 is 23.3 Å². The normalized spacial score (nSPS) is 11.7. The Morgan fingerprint density at radius 2 is 1.96 bits per heavy atom. The predicted molar refractivity (Wildman–Crippen MR) is 83.8 cm³/mol. The third-order valence-electron chi connectivity index (χ3n) is 3.18. The third-order valence-corrected chi connectivity index (χ3v) is 3.18. The van der Waals surface area contributed by atoms with Crippen molar-refractivity contribution in [1.29, 1.82) is 0 Å². The number of aryl methyl sites for hydroxylation is 1. The van der Waals surface area contributed by atoms with Gasteiger partial charge < -0.3 is 10.4 Å². The van der Waals surface area contributed by atoms with Crippen LogP contribution in [0.4, 0.5) is 0 Å². The summed E-state index contributed by atoms with van der Waals surface area (Å²) in [5.74, 6) is -1.72. The van der Waals surface area contributed by atoms with Crippen LogP contribution in [0.3, 0.4) is 0 Å². The van der Waals surface area contributed by atoms with Crippen LogP contribution < -0.4 is 10.7 Å². The highest BCUT2D eigenvalue weighted by atomic mass is 16.4. The molecule has 0 spiro atoms. The summed E-state index contributed by atoms with van der Waals surface area (Å²) in [5.41, 5.74) is 0.542. The molecule has 7 nitrogen and oxygen atoms in total. The average Bonchev–Trinajstić information content (AvgIpc) is 2.47. The van der Waals surface area contributed by atoms with Crippen LogP contribution >= 0.6 is 0 Å². The fraction of sp³-hybridized carbons (Fsp3) is 0.250. The summed E-state index contributed by atoms with van der Waals surface area (Å²) in [5, 5.41) is 15.3. The van der Waals surface area contributed by atoms with Crippen LogP contribution in [0.15, 0.2) is 41.2 Å². The Morgan fingerprint density at radius 3 is 2.57 bits per heavy atom. The number of aliphatic carboxylic acids is 1. The van der Waals surface area contributed by atoms with Crippen LogP contribution in [0, 0.1) is 6.92 Å². The first-order chi connectivity index (χ1) is 10.9. The van der Waals surface area contributed by atoms with Crippen LogP contribution in [0.1, 0.15) is 29.5 Å². The zero-order chi connectivity index (χ0) is 17.0. The minimum absolute atomic E-state index is 0.232. The average molecular weight is 315 g/mol. The Morgan fingerprint density at radius 1 is 1.30 bits per heavy atom. The number of carboxylic acids is 1. The number of hydrogen-bond donors (Lipinski definition) is 2. The van der Waals surface area contributed by atoms with Crippen LogP contribution in [-0.4, -0.2) is 32.8 Å². The van der Waals surface area contributed by atoms with Gasteiger partial charge in [0.25, 0.3) is 5.91 Å². The smallest absolute Gasteiger partial charge is 0.305 e. The Labute approximate surface area is 132 Å². The minimum Gasteiger partial charge on any atom is -0.481 e. The number of aromatic nitrogens is 2. The van der Waals surface area contributed by atoms with Crippen LogP contribution in [0.25, 0.3) is 5.69 Å². The van der Waals surface area contributed by atoms with Crippen molar-refractivity contribution < 1.29 is 14.7 Å². The quantitative estimate of drug-likeness (QED) is 0.861. The summed E-state index contributed by atoms with van der Waals surface area (Å²) >= 11 is 0. The Balaban J connectivity index is 2.34. The Kier molecular flexibility index (Phi) is 4.90. The maximum Gasteiger partial charge on any atom is 0.305 e. The van der Waals surface area contributed by atoms with Crippen molar-refractivity contribution in [2.45, 2.75) is 26.3 Å². The monoisotopic (exact) mass is 315 g/mol. The van der Waals surface area contributed by atoms with Crippen molar-refractivity contribution in [2.75, 3.05) is 0 Å². The van der Waals surface area contributed by atoms with Gasteiger partial charge in [0.15, 0.2) is 5.69 Å². The number of nitrogens with zero attached hydrogens (tertiary/aromatic N) is 2. The molecule has 0 saturated heterocycles. The van der Waals surface area contributed by atoms with Gasteiger partial charge in [-0.15, -0.1) is 0 Å². The molecule has 2 N–H and O–H groups in total. The van der Waals surface area contributed by atoms with Gasteiger partial charge in [0, 0.05) is 17.8 Å². The molecule has 0 bridgehead atoms. The molecule has 0 radical (unpaired) electrons. The lowest BCUT2D eigenvalue weighted by Crippen LogP contribution is -2.38. The van der Waals surface area contributed by atoms with Crippen molar-refractivity contribution in [3.63, 3.8) is 0 Å². The molecule has 23 heavy (non-hydrogen) atoms. The van der Waals surface area contributed by atoms with Gasteiger partial charge in [-0.05, 0) is 26.0 Å². The highest BCUT2D eigenvalue weighted by molar-refractivity contribution is 5.92. The van der Waals surface area contributed by atoms with E-state index in [1.807, 2.05) is 18.2 Å². The van der Waals surface area contributed by atoms with E-state index in [9.17, 15) is 14.4 Å². The third kappa shape index (κ3) is 4.03. The van der Waals surface area contributed by atoms with Crippen molar-refractivity contribution in [1.82, 2.24) is 15.1 Å². The summed E-state index contributed by atoms with van der Waals surface area (Å²) in [6, 6.07) is 9.83. The summed E-state index contributed by atoms with van der Waals surface area (Å²) in [7, 11) is 0. The SMILES string of the molecule is Cc1cc(=O)c(C(=O)N[C@@H](C)CC(=O)O)nn1-c1ccccc1. The predicted octanol–water partition coefficient (Wildman–Crippen LogP) is 1.13. The molecule has 2 rings (SSSR count). The molecule has 1 heterocycles. The summed E-state index contributed by atoms with van der Waals surface area (Å²) in [6.45, 7) is 3.27. The second-order valence-electron chi connectivity index (χ2n) is 5.22. The Bertz CT molecular complexity index is 784. The molecule has 0 aliphatic heterocycles. The molecule has 0 saturated carbocycles. The van der Waals surface area contributed by atoms with Crippen molar-refractivity contribution >= 4 is 11.9 Å². The highest BCUT2D eigenvalue weighted by Gasteiger charge is 2.18. The lowest BCUT2D eigenvalue weighted by molar-refractivity contribution is -0.137. The molecular weight excluding hydrogens is 298 g/mol.